The van der Waals surface area contributed by atoms with Crippen LogP contribution in [0.3, 0.4) is 0 Å². The van der Waals surface area contributed by atoms with Crippen molar-refractivity contribution in [1.82, 2.24) is 4.90 Å². The molecule has 1 heterocycles. The smallest absolute Gasteiger partial charge is 0.118 e. The summed E-state index contributed by atoms with van der Waals surface area (Å²) >= 11 is 0. The van der Waals surface area contributed by atoms with Gasteiger partial charge in [-0.3, -0.25) is 4.90 Å². The molecule has 0 spiro atoms. The minimum absolute atomic E-state index is 0.0969. The Morgan fingerprint density at radius 2 is 1.52 bits per heavy atom. The third-order valence-electron chi connectivity index (χ3n) is 6.23. The van der Waals surface area contributed by atoms with Gasteiger partial charge in [-0.1, -0.05) is 72.8 Å². The number of ether oxygens (including phenoxy) is 2. The number of morpholine rings is 1. The fourth-order valence-electron chi connectivity index (χ4n) is 4.47. The summed E-state index contributed by atoms with van der Waals surface area (Å²) in [5, 5.41) is 12.4. The van der Waals surface area contributed by atoms with Gasteiger partial charge in [0.1, 0.15) is 11.4 Å². The second kappa shape index (κ2) is 10.1. The average molecular weight is 418 g/mol. The monoisotopic (exact) mass is 417 g/mol. The van der Waals surface area contributed by atoms with Crippen LogP contribution in [0.25, 0.3) is 0 Å². The van der Waals surface area contributed by atoms with Crippen LogP contribution in [0.15, 0.2) is 84.9 Å². The van der Waals surface area contributed by atoms with Gasteiger partial charge in [-0.15, -0.1) is 0 Å². The van der Waals surface area contributed by atoms with E-state index in [0.717, 1.165) is 55.3 Å². The predicted octanol–water partition coefficient (Wildman–Crippen LogP) is 4.24. The summed E-state index contributed by atoms with van der Waals surface area (Å²) in [6.07, 6.45) is 0.532. The maximum Gasteiger partial charge on any atom is 0.118 e. The Morgan fingerprint density at radius 1 is 0.903 bits per heavy atom. The highest BCUT2D eigenvalue weighted by molar-refractivity contribution is 5.37. The minimum Gasteiger partial charge on any atom is -0.497 e. The number of aliphatic hydroxyl groups is 1. The SMILES string of the molecule is COc1ccc([C@@](O)(Cc2ccccc2)[C@H](CN2CCOCC2)c2ccccc2)cc1. The number of benzene rings is 3. The molecule has 1 saturated heterocycles. The standard InChI is InChI=1S/C27H31NO3/c1-30-25-14-12-24(13-15-25)27(29,20-22-8-4-2-5-9-22)26(23-10-6-3-7-11-23)21-28-16-18-31-19-17-28/h2-15,26,29H,16-21H2,1H3/t26-,27+/m1/s1. The zero-order valence-electron chi connectivity index (χ0n) is 18.1. The largest absolute Gasteiger partial charge is 0.497 e. The van der Waals surface area contributed by atoms with Crippen LogP contribution >= 0.6 is 0 Å². The van der Waals surface area contributed by atoms with Crippen molar-refractivity contribution in [2.45, 2.75) is 17.9 Å². The van der Waals surface area contributed by atoms with Crippen molar-refractivity contribution in [2.24, 2.45) is 0 Å². The van der Waals surface area contributed by atoms with E-state index in [-0.39, 0.29) is 5.92 Å². The van der Waals surface area contributed by atoms with Gasteiger partial charge in [-0.2, -0.15) is 0 Å². The Bertz CT molecular complexity index is 924. The number of rotatable bonds is 8. The highest BCUT2D eigenvalue weighted by Gasteiger charge is 2.40. The fraction of sp³-hybridized carbons (Fsp3) is 0.333. The van der Waals surface area contributed by atoms with Gasteiger partial charge < -0.3 is 14.6 Å². The molecule has 4 nitrogen and oxygen atoms in total. The molecule has 31 heavy (non-hydrogen) atoms. The first-order valence-electron chi connectivity index (χ1n) is 10.9. The molecule has 0 bridgehead atoms. The lowest BCUT2D eigenvalue weighted by Crippen LogP contribution is -2.45. The van der Waals surface area contributed by atoms with Crippen LogP contribution in [0, 0.1) is 0 Å². The summed E-state index contributed by atoms with van der Waals surface area (Å²) in [4.78, 5) is 2.40. The molecule has 0 amide bonds. The fourth-order valence-corrected chi connectivity index (χ4v) is 4.47. The van der Waals surface area contributed by atoms with Crippen LogP contribution in [-0.2, 0) is 16.8 Å². The van der Waals surface area contributed by atoms with E-state index in [0.29, 0.717) is 6.42 Å². The highest BCUT2D eigenvalue weighted by Crippen LogP contribution is 2.41. The van der Waals surface area contributed by atoms with Crippen molar-refractivity contribution in [3.05, 3.63) is 102 Å². The Morgan fingerprint density at radius 3 is 2.13 bits per heavy atom. The third kappa shape index (κ3) is 5.16. The first-order chi connectivity index (χ1) is 15.2. The second-order valence-electron chi connectivity index (χ2n) is 8.19. The van der Waals surface area contributed by atoms with Gasteiger partial charge in [0.2, 0.25) is 0 Å². The molecule has 3 aromatic rings. The molecule has 0 radical (unpaired) electrons. The molecule has 1 aliphatic heterocycles. The zero-order valence-corrected chi connectivity index (χ0v) is 18.1. The van der Waals surface area contributed by atoms with Crippen LogP contribution in [0.2, 0.25) is 0 Å². The van der Waals surface area contributed by atoms with Crippen LogP contribution in [-0.4, -0.2) is 50.0 Å². The molecule has 3 aromatic carbocycles. The molecule has 2 atom stereocenters. The molecule has 1 aliphatic rings. The maximum absolute atomic E-state index is 12.4. The normalized spacial score (nSPS) is 17.6. The number of hydrogen-bond acceptors (Lipinski definition) is 4. The molecule has 0 unspecified atom stereocenters. The van der Waals surface area contributed by atoms with Crippen molar-refractivity contribution < 1.29 is 14.6 Å². The van der Waals surface area contributed by atoms with Gasteiger partial charge in [0, 0.05) is 32.0 Å². The van der Waals surface area contributed by atoms with Crippen LogP contribution in [0.1, 0.15) is 22.6 Å². The van der Waals surface area contributed by atoms with Crippen molar-refractivity contribution in [3.8, 4) is 5.75 Å². The third-order valence-corrected chi connectivity index (χ3v) is 6.23. The minimum atomic E-state index is -1.08. The summed E-state index contributed by atoms with van der Waals surface area (Å²) in [5.41, 5.74) is 2.08. The molecule has 0 aliphatic carbocycles. The Kier molecular flexibility index (Phi) is 7.03. The van der Waals surface area contributed by atoms with E-state index in [9.17, 15) is 5.11 Å². The summed E-state index contributed by atoms with van der Waals surface area (Å²) in [5.74, 6) is 0.690. The molecule has 1 N–H and O–H groups in total. The zero-order chi connectivity index (χ0) is 21.5. The molecule has 0 saturated carbocycles. The number of hydrogen-bond donors (Lipinski definition) is 1. The Hall–Kier alpha value is -2.66. The summed E-state index contributed by atoms with van der Waals surface area (Å²) < 4.78 is 10.9. The summed E-state index contributed by atoms with van der Waals surface area (Å²) in [6.45, 7) is 4.01. The number of nitrogens with zero attached hydrogens (tertiary/aromatic N) is 1. The van der Waals surface area contributed by atoms with Crippen molar-refractivity contribution in [2.75, 3.05) is 40.0 Å². The topological polar surface area (TPSA) is 41.9 Å². The Labute approximate surface area is 185 Å². The summed E-state index contributed by atoms with van der Waals surface area (Å²) in [6, 6.07) is 28.5. The maximum atomic E-state index is 12.4. The molecule has 1 fully saturated rings. The predicted molar refractivity (Wildman–Crippen MR) is 123 cm³/mol. The van der Waals surface area contributed by atoms with Gasteiger partial charge in [-0.05, 0) is 28.8 Å². The summed E-state index contributed by atoms with van der Waals surface area (Å²) in [7, 11) is 1.66. The van der Waals surface area contributed by atoms with E-state index in [2.05, 4.69) is 41.3 Å². The van der Waals surface area contributed by atoms with Crippen LogP contribution in [0.5, 0.6) is 5.75 Å². The van der Waals surface area contributed by atoms with E-state index in [1.54, 1.807) is 7.11 Å². The first-order valence-corrected chi connectivity index (χ1v) is 10.9. The Balaban J connectivity index is 1.77. The van der Waals surface area contributed by atoms with Gasteiger partial charge in [0.25, 0.3) is 0 Å². The van der Waals surface area contributed by atoms with Crippen molar-refractivity contribution in [1.29, 1.82) is 0 Å². The van der Waals surface area contributed by atoms with Gasteiger partial charge in [0.15, 0.2) is 0 Å². The van der Waals surface area contributed by atoms with Gasteiger partial charge in [0.05, 0.1) is 20.3 Å². The van der Waals surface area contributed by atoms with E-state index >= 15 is 0 Å². The second-order valence-corrected chi connectivity index (χ2v) is 8.19. The van der Waals surface area contributed by atoms with E-state index in [4.69, 9.17) is 9.47 Å². The molecule has 162 valence electrons. The quantitative estimate of drug-likeness (QED) is 0.595. The first kappa shape index (κ1) is 21.6. The van der Waals surface area contributed by atoms with E-state index < -0.39 is 5.60 Å². The molecule has 0 aromatic heterocycles. The molecular formula is C27H31NO3. The van der Waals surface area contributed by atoms with Crippen molar-refractivity contribution >= 4 is 0 Å². The molecular weight excluding hydrogens is 386 g/mol. The van der Waals surface area contributed by atoms with Gasteiger partial charge >= 0.3 is 0 Å². The average Bonchev–Trinajstić information content (AvgIpc) is 2.84. The van der Waals surface area contributed by atoms with Crippen molar-refractivity contribution in [3.63, 3.8) is 0 Å². The lowest BCUT2D eigenvalue weighted by molar-refractivity contribution is -0.0223. The number of methoxy groups -OCH3 is 1. The highest BCUT2D eigenvalue weighted by atomic mass is 16.5. The van der Waals surface area contributed by atoms with E-state index in [1.165, 1.54) is 0 Å². The van der Waals surface area contributed by atoms with Gasteiger partial charge in [-0.25, -0.2) is 0 Å². The van der Waals surface area contributed by atoms with Crippen LogP contribution < -0.4 is 4.74 Å². The molecule has 4 rings (SSSR count). The lowest BCUT2D eigenvalue weighted by Gasteiger charge is -2.41. The lowest BCUT2D eigenvalue weighted by atomic mass is 9.73. The van der Waals surface area contributed by atoms with E-state index in [1.807, 2.05) is 48.5 Å². The molecule has 4 heteroatoms. The van der Waals surface area contributed by atoms with Crippen LogP contribution in [0.4, 0.5) is 0 Å².